The predicted octanol–water partition coefficient (Wildman–Crippen LogP) is 3.24. The van der Waals surface area contributed by atoms with Crippen LogP contribution in [0.4, 0.5) is 0 Å². The van der Waals surface area contributed by atoms with Crippen molar-refractivity contribution in [3.63, 3.8) is 0 Å². The zero-order chi connectivity index (χ0) is 8.43. The fraction of sp³-hybridized carbons (Fsp3) is 0. The molecule has 11 heavy (non-hydrogen) atoms. The Balaban J connectivity index is 3.31. The van der Waals surface area contributed by atoms with E-state index in [1.807, 2.05) is 12.1 Å². The van der Waals surface area contributed by atoms with Gasteiger partial charge in [0.15, 0.2) is 0 Å². The van der Waals surface area contributed by atoms with Crippen LogP contribution in [0.1, 0.15) is 5.56 Å². The third-order valence-electron chi connectivity index (χ3n) is 1.27. The van der Waals surface area contributed by atoms with Crippen molar-refractivity contribution in [1.29, 1.82) is 0 Å². The molecule has 0 fully saturated rings. The molecule has 58 valence electrons. The summed E-state index contributed by atoms with van der Waals surface area (Å²) in [5.41, 5.74) is 1.04. The van der Waals surface area contributed by atoms with E-state index >= 15 is 0 Å². The van der Waals surface area contributed by atoms with Gasteiger partial charge in [-0.15, -0.1) is 0 Å². The third-order valence-corrected chi connectivity index (χ3v) is 2.92. The quantitative estimate of drug-likeness (QED) is 0.751. The zero-order valence-corrected chi connectivity index (χ0v) is 9.96. The largest absolute Gasteiger partial charge is 0.506 e. The topological polar surface area (TPSA) is 20.2 Å². The van der Waals surface area contributed by atoms with Crippen LogP contribution in [0.5, 0.6) is 5.75 Å². The molecule has 1 aromatic carbocycles. The molecule has 0 saturated heterocycles. The Labute approximate surface area is 92.8 Å². The van der Waals surface area contributed by atoms with Gasteiger partial charge in [0.2, 0.25) is 0 Å². The van der Waals surface area contributed by atoms with Gasteiger partial charge in [-0.05, 0) is 62.9 Å². The summed E-state index contributed by atoms with van der Waals surface area (Å²) in [5.74, 6) is 0.358. The van der Waals surface area contributed by atoms with Crippen LogP contribution in [0.15, 0.2) is 18.7 Å². The summed E-state index contributed by atoms with van der Waals surface area (Å²) in [5, 5.41) is 9.38. The van der Waals surface area contributed by atoms with Crippen LogP contribution in [0, 0.1) is 7.14 Å². The lowest BCUT2D eigenvalue weighted by Crippen LogP contribution is -1.81. The Bertz CT molecular complexity index is 271. The van der Waals surface area contributed by atoms with E-state index in [0.717, 1.165) is 12.7 Å². The molecule has 1 rings (SSSR count). The molecule has 0 saturated carbocycles. The number of aromatic hydroxyl groups is 1. The molecule has 0 aliphatic heterocycles. The van der Waals surface area contributed by atoms with Crippen LogP contribution in [-0.2, 0) is 0 Å². The lowest BCUT2D eigenvalue weighted by atomic mass is 10.2. The highest BCUT2D eigenvalue weighted by atomic mass is 127. The number of hydrogen-bond donors (Lipinski definition) is 1. The lowest BCUT2D eigenvalue weighted by Gasteiger charge is -2.01. The number of phenols is 1. The molecule has 0 aromatic heterocycles. The van der Waals surface area contributed by atoms with E-state index in [0.29, 0.717) is 5.75 Å². The maximum absolute atomic E-state index is 9.38. The van der Waals surface area contributed by atoms with E-state index < -0.39 is 0 Å². The van der Waals surface area contributed by atoms with Crippen LogP contribution in [0.2, 0.25) is 0 Å². The first-order valence-electron chi connectivity index (χ1n) is 2.95. The maximum atomic E-state index is 9.38. The molecule has 1 nitrogen and oxygen atoms in total. The van der Waals surface area contributed by atoms with Gasteiger partial charge >= 0.3 is 0 Å². The first-order valence-corrected chi connectivity index (χ1v) is 5.11. The van der Waals surface area contributed by atoms with Gasteiger partial charge < -0.3 is 5.11 Å². The van der Waals surface area contributed by atoms with Crippen molar-refractivity contribution in [1.82, 2.24) is 0 Å². The van der Waals surface area contributed by atoms with E-state index in [2.05, 4.69) is 51.8 Å². The van der Waals surface area contributed by atoms with Crippen LogP contribution < -0.4 is 0 Å². The minimum Gasteiger partial charge on any atom is -0.506 e. The summed E-state index contributed by atoms with van der Waals surface area (Å²) >= 11 is 4.19. The zero-order valence-electron chi connectivity index (χ0n) is 5.64. The average molecular weight is 372 g/mol. The highest BCUT2D eigenvalue weighted by molar-refractivity contribution is 14.1. The minimum atomic E-state index is 0.358. The molecule has 0 atom stereocenters. The Morgan fingerprint density at radius 2 is 1.73 bits per heavy atom. The van der Waals surface area contributed by atoms with Gasteiger partial charge in [0.1, 0.15) is 5.75 Å². The van der Waals surface area contributed by atoms with E-state index in [4.69, 9.17) is 0 Å². The van der Waals surface area contributed by atoms with Gasteiger partial charge in [-0.1, -0.05) is 12.7 Å². The van der Waals surface area contributed by atoms with Crippen molar-refractivity contribution in [3.05, 3.63) is 31.4 Å². The van der Waals surface area contributed by atoms with Crippen LogP contribution in [-0.4, -0.2) is 5.11 Å². The van der Waals surface area contributed by atoms with E-state index in [-0.39, 0.29) is 0 Å². The summed E-state index contributed by atoms with van der Waals surface area (Å²) in [6, 6.07) is 3.79. The summed E-state index contributed by atoms with van der Waals surface area (Å²) in [4.78, 5) is 0. The fourth-order valence-corrected chi connectivity index (χ4v) is 2.52. The molecule has 3 heteroatoms. The van der Waals surface area contributed by atoms with Crippen LogP contribution in [0.3, 0.4) is 0 Å². The molecule has 0 aliphatic rings. The van der Waals surface area contributed by atoms with Crippen LogP contribution >= 0.6 is 45.2 Å². The van der Waals surface area contributed by atoms with Crippen molar-refractivity contribution in [2.45, 2.75) is 0 Å². The Hall–Kier alpha value is 0.220. The first-order chi connectivity index (χ1) is 5.15. The molecular formula is C8H6I2O. The highest BCUT2D eigenvalue weighted by Crippen LogP contribution is 2.27. The highest BCUT2D eigenvalue weighted by Gasteiger charge is 2.02. The van der Waals surface area contributed by atoms with Crippen LogP contribution in [0.25, 0.3) is 6.08 Å². The fourth-order valence-electron chi connectivity index (χ4n) is 0.703. The van der Waals surface area contributed by atoms with E-state index in [1.54, 1.807) is 6.08 Å². The molecule has 0 spiro atoms. The Kier molecular flexibility index (Phi) is 3.17. The molecule has 1 N–H and O–H groups in total. The number of phenolic OH excluding ortho intramolecular Hbond substituents is 1. The van der Waals surface area contributed by atoms with E-state index in [9.17, 15) is 5.11 Å². The summed E-state index contributed by atoms with van der Waals surface area (Å²) in [6.07, 6.45) is 1.77. The smallest absolute Gasteiger partial charge is 0.142 e. The monoisotopic (exact) mass is 372 g/mol. The standard InChI is InChI=1S/C8H6I2O/c1-2-5-3-6(9)8(11)7(10)4-5/h2-4,11H,1H2. The predicted molar refractivity (Wildman–Crippen MR) is 63.6 cm³/mol. The maximum Gasteiger partial charge on any atom is 0.142 e. The van der Waals surface area contributed by atoms with Gasteiger partial charge in [0, 0.05) is 0 Å². The SMILES string of the molecule is C=Cc1cc(I)c(O)c(I)c1. The molecule has 0 unspecified atom stereocenters. The van der Waals surface area contributed by atoms with E-state index in [1.165, 1.54) is 0 Å². The molecule has 0 radical (unpaired) electrons. The Morgan fingerprint density at radius 3 is 2.09 bits per heavy atom. The Morgan fingerprint density at radius 1 is 1.27 bits per heavy atom. The van der Waals surface area contributed by atoms with Gasteiger partial charge in [-0.25, -0.2) is 0 Å². The van der Waals surface area contributed by atoms with Gasteiger partial charge in [-0.2, -0.15) is 0 Å². The average Bonchev–Trinajstić information content (AvgIpc) is 1.99. The van der Waals surface area contributed by atoms with Crippen molar-refractivity contribution >= 4 is 51.3 Å². The number of hydrogen-bond acceptors (Lipinski definition) is 1. The molecule has 0 heterocycles. The second kappa shape index (κ2) is 3.75. The lowest BCUT2D eigenvalue weighted by molar-refractivity contribution is 0.467. The molecule has 0 aliphatic carbocycles. The molecular weight excluding hydrogens is 366 g/mol. The normalized spacial score (nSPS) is 9.64. The molecule has 0 amide bonds. The summed E-state index contributed by atoms with van der Waals surface area (Å²) < 4.78 is 1.73. The van der Waals surface area contributed by atoms with Crippen molar-refractivity contribution in [2.75, 3.05) is 0 Å². The third kappa shape index (κ3) is 2.08. The van der Waals surface area contributed by atoms with Crippen molar-refractivity contribution in [3.8, 4) is 5.75 Å². The van der Waals surface area contributed by atoms with Gasteiger partial charge in [-0.3, -0.25) is 0 Å². The van der Waals surface area contributed by atoms with Gasteiger partial charge in [0.05, 0.1) is 7.14 Å². The minimum absolute atomic E-state index is 0.358. The molecule has 0 bridgehead atoms. The van der Waals surface area contributed by atoms with Gasteiger partial charge in [0.25, 0.3) is 0 Å². The molecule has 1 aromatic rings. The number of halogens is 2. The van der Waals surface area contributed by atoms with Crippen molar-refractivity contribution < 1.29 is 5.11 Å². The summed E-state index contributed by atoms with van der Waals surface area (Å²) in [6.45, 7) is 3.65. The number of rotatable bonds is 1. The number of benzene rings is 1. The second-order valence-electron chi connectivity index (χ2n) is 2.04. The van der Waals surface area contributed by atoms with Crippen molar-refractivity contribution in [2.24, 2.45) is 0 Å². The second-order valence-corrected chi connectivity index (χ2v) is 4.36. The first kappa shape index (κ1) is 9.31. The summed E-state index contributed by atoms with van der Waals surface area (Å²) in [7, 11) is 0.